The van der Waals surface area contributed by atoms with Crippen molar-refractivity contribution in [2.45, 2.75) is 51.1 Å². The van der Waals surface area contributed by atoms with Crippen molar-refractivity contribution in [2.75, 3.05) is 31.2 Å². The first-order chi connectivity index (χ1) is 16.8. The Balaban J connectivity index is 1.56. The zero-order chi connectivity index (χ0) is 26.7. The Morgan fingerprint density at radius 2 is 2.08 bits per heavy atom. The minimum Gasteiger partial charge on any atom is -0.481 e. The molecule has 3 rings (SSSR count). The summed E-state index contributed by atoms with van der Waals surface area (Å²) >= 11 is 2.16. The van der Waals surface area contributed by atoms with Gasteiger partial charge in [-0.3, -0.25) is 14.4 Å². The second kappa shape index (κ2) is 10.9. The van der Waals surface area contributed by atoms with Crippen LogP contribution in [0.25, 0.3) is 0 Å². The molecular formula is C20H29N7O7S2. The fourth-order valence-electron chi connectivity index (χ4n) is 3.31. The standard InChI is InChI=1S/C20H29N7O7S2/c1-19(2,3)34-18(32)22-6-5-7-33-25-10(12-24-17(21)36-26-12)13(28)23-11-14(29)27-8-20(4,16(30)31)9-35-15(11)27/h11,15H,5-9H2,1-4H3,(H,22,32)(H,23,28)(H,30,31)(H2,21,24,26)/t11?,15-,20?/m1/s1. The van der Waals surface area contributed by atoms with Crippen molar-refractivity contribution in [2.24, 2.45) is 10.6 Å². The predicted octanol–water partition coefficient (Wildman–Crippen LogP) is 0.247. The van der Waals surface area contributed by atoms with Gasteiger partial charge in [-0.25, -0.2) is 4.79 Å². The van der Waals surface area contributed by atoms with E-state index in [0.29, 0.717) is 12.2 Å². The van der Waals surface area contributed by atoms with E-state index in [0.717, 1.165) is 11.5 Å². The molecule has 0 bridgehead atoms. The maximum Gasteiger partial charge on any atom is 0.407 e. The molecule has 14 nitrogen and oxygen atoms in total. The van der Waals surface area contributed by atoms with Gasteiger partial charge in [0.2, 0.25) is 17.4 Å². The molecule has 1 aromatic heterocycles. The maximum absolute atomic E-state index is 13.0. The number of ether oxygens (including phenoxy) is 1. The molecule has 3 amide bonds. The molecule has 5 N–H and O–H groups in total. The van der Waals surface area contributed by atoms with E-state index in [2.05, 4.69) is 25.1 Å². The quantitative estimate of drug-likeness (QED) is 0.144. The summed E-state index contributed by atoms with van der Waals surface area (Å²) in [4.78, 5) is 59.4. The second-order valence-electron chi connectivity index (χ2n) is 9.50. The van der Waals surface area contributed by atoms with Gasteiger partial charge in [0.15, 0.2) is 5.13 Å². The molecule has 0 spiro atoms. The van der Waals surface area contributed by atoms with Crippen molar-refractivity contribution in [1.82, 2.24) is 24.9 Å². The number of nitrogens with two attached hydrogens (primary N) is 1. The summed E-state index contributed by atoms with van der Waals surface area (Å²) in [5.74, 6) is -1.85. The largest absolute Gasteiger partial charge is 0.481 e. The van der Waals surface area contributed by atoms with Crippen molar-refractivity contribution in [3.05, 3.63) is 5.82 Å². The summed E-state index contributed by atoms with van der Waals surface area (Å²) < 4.78 is 9.13. The summed E-state index contributed by atoms with van der Waals surface area (Å²) in [6.07, 6.45) is -0.182. The van der Waals surface area contributed by atoms with Crippen LogP contribution in [-0.4, -0.2) is 91.4 Å². The van der Waals surface area contributed by atoms with Crippen LogP contribution in [-0.2, 0) is 24.0 Å². The second-order valence-corrected chi connectivity index (χ2v) is 11.4. The normalized spacial score (nSPS) is 23.8. The highest BCUT2D eigenvalue weighted by Gasteiger charge is 2.56. The van der Waals surface area contributed by atoms with Crippen molar-refractivity contribution >= 4 is 58.0 Å². The van der Waals surface area contributed by atoms with Gasteiger partial charge in [0.25, 0.3) is 5.91 Å². The molecule has 1 aromatic rings. The zero-order valence-electron chi connectivity index (χ0n) is 20.3. The smallest absolute Gasteiger partial charge is 0.407 e. The molecule has 3 atom stereocenters. The molecule has 2 aliphatic rings. The number of anilines is 1. The number of carbonyl (C=O) groups excluding carboxylic acids is 3. The molecule has 2 fully saturated rings. The van der Waals surface area contributed by atoms with E-state index in [-0.39, 0.29) is 47.6 Å². The number of carboxylic acid groups (broad SMARTS) is 1. The number of nitrogens with one attached hydrogen (secondary N) is 2. The third-order valence-electron chi connectivity index (χ3n) is 5.14. The molecule has 16 heteroatoms. The molecule has 198 valence electrons. The monoisotopic (exact) mass is 543 g/mol. The summed E-state index contributed by atoms with van der Waals surface area (Å²) in [6, 6.07) is -0.847. The molecule has 0 aliphatic carbocycles. The van der Waals surface area contributed by atoms with E-state index < -0.39 is 35.0 Å². The molecule has 36 heavy (non-hydrogen) atoms. The Bertz CT molecular complexity index is 1060. The number of aromatic nitrogens is 2. The molecule has 2 aliphatic heterocycles. The van der Waals surface area contributed by atoms with E-state index in [1.54, 1.807) is 27.7 Å². The van der Waals surface area contributed by atoms with Crippen LogP contribution < -0.4 is 16.4 Å². The average molecular weight is 544 g/mol. The Morgan fingerprint density at radius 3 is 2.69 bits per heavy atom. The number of nitrogen functional groups attached to an aromatic ring is 1. The number of aliphatic carboxylic acids is 1. The van der Waals surface area contributed by atoms with Crippen LogP contribution in [0.15, 0.2) is 5.16 Å². The van der Waals surface area contributed by atoms with Gasteiger partial charge in [-0.1, -0.05) is 5.16 Å². The number of oxime groups is 1. The molecule has 0 radical (unpaired) electrons. The van der Waals surface area contributed by atoms with E-state index in [1.807, 2.05) is 0 Å². The third kappa shape index (κ3) is 6.54. The van der Waals surface area contributed by atoms with Crippen LogP contribution in [0, 0.1) is 5.41 Å². The first-order valence-corrected chi connectivity index (χ1v) is 12.9. The minimum absolute atomic E-state index is 0.0553. The first-order valence-electron chi connectivity index (χ1n) is 11.0. The number of alkyl carbamates (subject to hydrolysis) is 1. The molecule has 2 saturated heterocycles. The highest BCUT2D eigenvalue weighted by atomic mass is 32.2. The summed E-state index contributed by atoms with van der Waals surface area (Å²) in [5.41, 5.74) is 3.72. The number of rotatable bonds is 9. The summed E-state index contributed by atoms with van der Waals surface area (Å²) in [7, 11) is 0. The fraction of sp³-hybridized carbons (Fsp3) is 0.650. The van der Waals surface area contributed by atoms with Crippen molar-refractivity contribution in [3.63, 3.8) is 0 Å². The topological polar surface area (TPSA) is 198 Å². The molecule has 0 saturated carbocycles. The van der Waals surface area contributed by atoms with Crippen LogP contribution in [0.1, 0.15) is 39.9 Å². The molecule has 2 unspecified atom stereocenters. The van der Waals surface area contributed by atoms with Gasteiger partial charge in [-0.05, 0) is 27.7 Å². The third-order valence-corrected chi connectivity index (χ3v) is 7.36. The Morgan fingerprint density at radius 1 is 1.36 bits per heavy atom. The SMILES string of the molecule is CC(C)(C)OC(=O)NCCCON=C(C(=O)NC1C(=O)N2CC(C)(C(=O)O)CS[C@H]12)c1nsc(N)n1. The van der Waals surface area contributed by atoms with Crippen molar-refractivity contribution < 1.29 is 33.9 Å². The Hall–Kier alpha value is -3.14. The van der Waals surface area contributed by atoms with Crippen LogP contribution in [0.2, 0.25) is 0 Å². The van der Waals surface area contributed by atoms with Gasteiger partial charge in [-0.15, -0.1) is 11.8 Å². The number of carbonyl (C=O) groups is 4. The van der Waals surface area contributed by atoms with Gasteiger partial charge in [-0.2, -0.15) is 9.36 Å². The van der Waals surface area contributed by atoms with Crippen LogP contribution in [0.5, 0.6) is 0 Å². The lowest BCUT2D eigenvalue weighted by Gasteiger charge is -2.53. The molecule has 0 aromatic carbocycles. The van der Waals surface area contributed by atoms with Gasteiger partial charge in [0.1, 0.15) is 23.6 Å². The van der Waals surface area contributed by atoms with E-state index in [4.69, 9.17) is 15.3 Å². The predicted molar refractivity (Wildman–Crippen MR) is 131 cm³/mol. The van der Waals surface area contributed by atoms with Crippen LogP contribution in [0.3, 0.4) is 0 Å². The van der Waals surface area contributed by atoms with Crippen molar-refractivity contribution in [1.29, 1.82) is 0 Å². The molecular weight excluding hydrogens is 514 g/mol. The van der Waals surface area contributed by atoms with E-state index in [9.17, 15) is 24.3 Å². The number of nitrogens with zero attached hydrogens (tertiary/aromatic N) is 4. The highest BCUT2D eigenvalue weighted by molar-refractivity contribution is 8.00. The number of amides is 3. The van der Waals surface area contributed by atoms with E-state index >= 15 is 0 Å². The fourth-order valence-corrected chi connectivity index (χ4v) is 5.23. The maximum atomic E-state index is 13.0. The van der Waals surface area contributed by atoms with Gasteiger partial charge >= 0.3 is 12.1 Å². The lowest BCUT2D eigenvalue weighted by molar-refractivity contribution is -0.157. The lowest BCUT2D eigenvalue weighted by Crippen LogP contribution is -2.73. The average Bonchev–Trinajstić information content (AvgIpc) is 3.21. The Kier molecular flexibility index (Phi) is 8.28. The lowest BCUT2D eigenvalue weighted by atomic mass is 9.89. The molecule has 3 heterocycles. The number of carboxylic acids is 1. The number of fused-ring (bicyclic) bond motifs is 1. The number of β-lactam (4-membered cyclic amide) rings is 1. The summed E-state index contributed by atoms with van der Waals surface area (Å²) in [6.45, 7) is 7.24. The summed E-state index contributed by atoms with van der Waals surface area (Å²) in [5, 5.41) is 18.2. The minimum atomic E-state index is -1.05. The number of thioether (sulfide) groups is 1. The van der Waals surface area contributed by atoms with Crippen LogP contribution in [0.4, 0.5) is 9.93 Å². The number of hydrogen-bond acceptors (Lipinski definition) is 12. The van der Waals surface area contributed by atoms with Gasteiger partial charge in [0.05, 0.1) is 5.41 Å². The van der Waals surface area contributed by atoms with Gasteiger partial charge < -0.3 is 35.9 Å². The highest BCUT2D eigenvalue weighted by Crippen LogP contribution is 2.41. The van der Waals surface area contributed by atoms with Crippen LogP contribution >= 0.6 is 23.3 Å². The first kappa shape index (κ1) is 27.4. The number of hydrogen-bond donors (Lipinski definition) is 4. The Labute approximate surface area is 215 Å². The van der Waals surface area contributed by atoms with Crippen molar-refractivity contribution in [3.8, 4) is 0 Å². The van der Waals surface area contributed by atoms with E-state index in [1.165, 1.54) is 16.7 Å². The zero-order valence-corrected chi connectivity index (χ0v) is 21.9. The van der Waals surface area contributed by atoms with Gasteiger partial charge in [0, 0.05) is 36.8 Å².